The Kier molecular flexibility index (Phi) is 0.869. The second kappa shape index (κ2) is 1.20. The van der Waals surface area contributed by atoms with Gasteiger partial charge < -0.3 is 10.2 Å². The second-order valence-electron chi connectivity index (χ2n) is 2.53. The van der Waals surface area contributed by atoms with Gasteiger partial charge in [0, 0.05) is 5.41 Å². The highest BCUT2D eigenvalue weighted by molar-refractivity contribution is 4.98. The molecule has 0 aliphatic heterocycles. The SMILES string of the molecule is CC1(CO)CC1O. The number of hydrogen-bond donors (Lipinski definition) is 2. The molecule has 2 N–H and O–H groups in total. The summed E-state index contributed by atoms with van der Waals surface area (Å²) >= 11 is 0. The minimum Gasteiger partial charge on any atom is -0.396 e. The molecule has 42 valence electrons. The lowest BCUT2D eigenvalue weighted by atomic mass is 10.2. The maximum Gasteiger partial charge on any atom is 0.0623 e. The Balaban J connectivity index is 2.36. The Morgan fingerprint density at radius 2 is 2.29 bits per heavy atom. The van der Waals surface area contributed by atoms with Crippen molar-refractivity contribution in [2.75, 3.05) is 6.61 Å². The first-order valence-corrected chi connectivity index (χ1v) is 2.48. The second-order valence-corrected chi connectivity index (χ2v) is 2.53. The van der Waals surface area contributed by atoms with Gasteiger partial charge in [0.15, 0.2) is 0 Å². The molecule has 0 aromatic heterocycles. The molecule has 7 heavy (non-hydrogen) atoms. The molecule has 0 heterocycles. The molecule has 2 nitrogen and oxygen atoms in total. The van der Waals surface area contributed by atoms with Crippen LogP contribution in [0.3, 0.4) is 0 Å². The van der Waals surface area contributed by atoms with E-state index in [1.165, 1.54) is 0 Å². The smallest absolute Gasteiger partial charge is 0.0623 e. The van der Waals surface area contributed by atoms with Gasteiger partial charge in [0.1, 0.15) is 0 Å². The fraction of sp³-hybridized carbons (Fsp3) is 1.00. The van der Waals surface area contributed by atoms with Crippen LogP contribution < -0.4 is 0 Å². The standard InChI is InChI=1S/C5H10O2/c1-5(3-6)2-4(5)7/h4,6-7H,2-3H2,1H3. The summed E-state index contributed by atoms with van der Waals surface area (Å²) in [6, 6.07) is 0. The molecular formula is C5H10O2. The average molecular weight is 102 g/mol. The summed E-state index contributed by atoms with van der Waals surface area (Å²) in [4.78, 5) is 0. The third kappa shape index (κ3) is 0.640. The van der Waals surface area contributed by atoms with Gasteiger partial charge in [0.2, 0.25) is 0 Å². The van der Waals surface area contributed by atoms with Crippen molar-refractivity contribution in [3.05, 3.63) is 0 Å². The number of aliphatic hydroxyl groups is 2. The van der Waals surface area contributed by atoms with E-state index in [0.717, 1.165) is 6.42 Å². The van der Waals surface area contributed by atoms with Gasteiger partial charge in [-0.25, -0.2) is 0 Å². The van der Waals surface area contributed by atoms with Crippen LogP contribution in [-0.4, -0.2) is 22.9 Å². The molecule has 0 bridgehead atoms. The summed E-state index contributed by atoms with van der Waals surface area (Å²) in [5.41, 5.74) is -0.139. The van der Waals surface area contributed by atoms with Crippen LogP contribution in [0.1, 0.15) is 13.3 Å². The molecule has 1 saturated carbocycles. The Morgan fingerprint density at radius 3 is 2.29 bits per heavy atom. The average Bonchev–Trinajstić information content (AvgIpc) is 2.18. The van der Waals surface area contributed by atoms with Gasteiger partial charge in [-0.3, -0.25) is 0 Å². The number of rotatable bonds is 1. The van der Waals surface area contributed by atoms with Crippen molar-refractivity contribution in [1.82, 2.24) is 0 Å². The van der Waals surface area contributed by atoms with E-state index in [9.17, 15) is 0 Å². The molecule has 0 aromatic carbocycles. The van der Waals surface area contributed by atoms with Crippen molar-refractivity contribution in [1.29, 1.82) is 0 Å². The van der Waals surface area contributed by atoms with Crippen molar-refractivity contribution in [3.8, 4) is 0 Å². The molecule has 0 saturated heterocycles. The van der Waals surface area contributed by atoms with E-state index in [4.69, 9.17) is 10.2 Å². The zero-order chi connectivity index (χ0) is 5.49. The molecule has 1 aliphatic rings. The van der Waals surface area contributed by atoms with Crippen molar-refractivity contribution >= 4 is 0 Å². The van der Waals surface area contributed by atoms with Crippen molar-refractivity contribution < 1.29 is 10.2 Å². The van der Waals surface area contributed by atoms with Crippen LogP contribution in [0.2, 0.25) is 0 Å². The predicted octanol–water partition coefficient (Wildman–Crippen LogP) is -0.250. The first-order chi connectivity index (χ1) is 3.19. The van der Waals surface area contributed by atoms with Gasteiger partial charge >= 0.3 is 0 Å². The summed E-state index contributed by atoms with van der Waals surface area (Å²) in [5, 5.41) is 17.2. The first-order valence-electron chi connectivity index (χ1n) is 2.48. The molecule has 0 aromatic rings. The number of aliphatic hydroxyl groups excluding tert-OH is 2. The maximum atomic E-state index is 8.73. The van der Waals surface area contributed by atoms with E-state index in [2.05, 4.69) is 0 Å². The highest BCUT2D eigenvalue weighted by Gasteiger charge is 2.48. The molecule has 1 aliphatic carbocycles. The van der Waals surface area contributed by atoms with Gasteiger partial charge in [-0.1, -0.05) is 6.92 Å². The van der Waals surface area contributed by atoms with Gasteiger partial charge in [-0.2, -0.15) is 0 Å². The topological polar surface area (TPSA) is 40.5 Å². The van der Waals surface area contributed by atoms with Gasteiger partial charge in [-0.05, 0) is 6.42 Å². The van der Waals surface area contributed by atoms with E-state index >= 15 is 0 Å². The molecule has 1 fully saturated rings. The van der Waals surface area contributed by atoms with E-state index < -0.39 is 0 Å². The van der Waals surface area contributed by atoms with Crippen LogP contribution in [0.4, 0.5) is 0 Å². The molecule has 2 unspecified atom stereocenters. The van der Waals surface area contributed by atoms with Crippen LogP contribution in [-0.2, 0) is 0 Å². The molecular weight excluding hydrogens is 92.1 g/mol. The summed E-state index contributed by atoms with van der Waals surface area (Å²) in [6.45, 7) is 1.99. The van der Waals surface area contributed by atoms with Crippen LogP contribution in [0.5, 0.6) is 0 Å². The highest BCUT2D eigenvalue weighted by atomic mass is 16.3. The van der Waals surface area contributed by atoms with E-state index in [0.29, 0.717) is 0 Å². The molecule has 0 spiro atoms. The van der Waals surface area contributed by atoms with Crippen LogP contribution in [0.25, 0.3) is 0 Å². The summed E-state index contributed by atoms with van der Waals surface area (Å²) < 4.78 is 0. The van der Waals surface area contributed by atoms with Gasteiger partial charge in [-0.15, -0.1) is 0 Å². The Bertz CT molecular complexity index is 78.1. The Hall–Kier alpha value is -0.0800. The lowest BCUT2D eigenvalue weighted by Gasteiger charge is -1.98. The largest absolute Gasteiger partial charge is 0.396 e. The van der Waals surface area contributed by atoms with Crippen molar-refractivity contribution in [2.45, 2.75) is 19.4 Å². The lowest BCUT2D eigenvalue weighted by molar-refractivity contribution is 0.158. The lowest BCUT2D eigenvalue weighted by Crippen LogP contribution is -2.05. The summed E-state index contributed by atoms with van der Waals surface area (Å²) in [6.07, 6.45) is 0.529. The van der Waals surface area contributed by atoms with Crippen LogP contribution in [0.15, 0.2) is 0 Å². The minimum atomic E-state index is -0.238. The summed E-state index contributed by atoms with van der Waals surface area (Å²) in [7, 11) is 0. The molecule has 1 rings (SSSR count). The monoisotopic (exact) mass is 102 g/mol. The number of hydrogen-bond acceptors (Lipinski definition) is 2. The third-order valence-electron chi connectivity index (χ3n) is 1.67. The first kappa shape index (κ1) is 5.06. The zero-order valence-corrected chi connectivity index (χ0v) is 4.39. The predicted molar refractivity (Wildman–Crippen MR) is 25.8 cm³/mol. The van der Waals surface area contributed by atoms with Crippen LogP contribution in [0, 0.1) is 5.41 Å². The third-order valence-corrected chi connectivity index (χ3v) is 1.67. The molecule has 0 amide bonds. The van der Waals surface area contributed by atoms with Gasteiger partial charge in [0.25, 0.3) is 0 Å². The molecule has 2 heteroatoms. The molecule has 2 atom stereocenters. The fourth-order valence-corrected chi connectivity index (χ4v) is 0.553. The van der Waals surface area contributed by atoms with E-state index in [1.807, 2.05) is 6.92 Å². The highest BCUT2D eigenvalue weighted by Crippen LogP contribution is 2.44. The minimum absolute atomic E-state index is 0.119. The zero-order valence-electron chi connectivity index (χ0n) is 4.39. The van der Waals surface area contributed by atoms with Crippen LogP contribution >= 0.6 is 0 Å². The fourth-order valence-electron chi connectivity index (χ4n) is 0.553. The van der Waals surface area contributed by atoms with Crippen molar-refractivity contribution in [2.24, 2.45) is 5.41 Å². The van der Waals surface area contributed by atoms with E-state index in [-0.39, 0.29) is 18.1 Å². The Morgan fingerprint density at radius 1 is 1.86 bits per heavy atom. The van der Waals surface area contributed by atoms with Crippen molar-refractivity contribution in [3.63, 3.8) is 0 Å². The summed E-state index contributed by atoms with van der Waals surface area (Å²) in [5.74, 6) is 0. The normalized spacial score (nSPS) is 49.3. The van der Waals surface area contributed by atoms with E-state index in [1.54, 1.807) is 0 Å². The molecule has 0 radical (unpaired) electrons. The maximum absolute atomic E-state index is 8.73. The quantitative estimate of drug-likeness (QED) is 0.479. The van der Waals surface area contributed by atoms with Gasteiger partial charge in [0.05, 0.1) is 12.7 Å². The Labute approximate surface area is 42.8 Å².